The molecule has 0 saturated heterocycles. The molecule has 0 radical (unpaired) electrons. The number of halogens is 2. The average molecular weight is 298 g/mol. The van der Waals surface area contributed by atoms with Crippen molar-refractivity contribution in [1.82, 2.24) is 5.32 Å². The van der Waals surface area contributed by atoms with E-state index in [0.29, 0.717) is 17.0 Å². The lowest BCUT2D eigenvalue weighted by Crippen LogP contribution is -2.39. The monoisotopic (exact) mass is 297 g/mol. The SMILES string of the molecule is CCNC(Cc1cc(Cl)ccc1F)C1CCC(C)CC1. The maximum atomic E-state index is 13.9. The van der Waals surface area contributed by atoms with Crippen molar-refractivity contribution in [1.29, 1.82) is 0 Å². The van der Waals surface area contributed by atoms with Crippen LogP contribution >= 0.6 is 11.6 Å². The van der Waals surface area contributed by atoms with E-state index in [-0.39, 0.29) is 5.82 Å². The van der Waals surface area contributed by atoms with Crippen LogP contribution in [-0.2, 0) is 6.42 Å². The molecule has 20 heavy (non-hydrogen) atoms. The Bertz CT molecular complexity index is 427. The lowest BCUT2D eigenvalue weighted by atomic mass is 9.77. The van der Waals surface area contributed by atoms with E-state index >= 15 is 0 Å². The molecule has 1 atom stereocenters. The molecule has 1 aliphatic rings. The molecule has 1 unspecified atom stereocenters. The molecule has 112 valence electrons. The van der Waals surface area contributed by atoms with Crippen molar-refractivity contribution in [2.45, 2.75) is 52.0 Å². The molecule has 1 aliphatic carbocycles. The second-order valence-electron chi connectivity index (χ2n) is 6.12. The molecule has 3 heteroatoms. The van der Waals surface area contributed by atoms with Crippen LogP contribution in [0, 0.1) is 17.7 Å². The third-order valence-electron chi connectivity index (χ3n) is 4.54. The Labute approximate surface area is 126 Å². The highest BCUT2D eigenvalue weighted by Crippen LogP contribution is 2.32. The molecule has 1 saturated carbocycles. The molecule has 0 amide bonds. The third-order valence-corrected chi connectivity index (χ3v) is 4.78. The van der Waals surface area contributed by atoms with Crippen molar-refractivity contribution < 1.29 is 4.39 Å². The Hall–Kier alpha value is -0.600. The van der Waals surface area contributed by atoms with Crippen LogP contribution in [0.5, 0.6) is 0 Å². The smallest absolute Gasteiger partial charge is 0.126 e. The third kappa shape index (κ3) is 4.20. The summed E-state index contributed by atoms with van der Waals surface area (Å²) in [6, 6.07) is 5.22. The predicted octanol–water partition coefficient (Wildman–Crippen LogP) is 4.83. The molecule has 0 aromatic heterocycles. The molecule has 0 spiro atoms. The zero-order valence-corrected chi connectivity index (χ0v) is 13.2. The Balaban J connectivity index is 2.06. The fourth-order valence-corrected chi connectivity index (χ4v) is 3.49. The van der Waals surface area contributed by atoms with Gasteiger partial charge in [0.2, 0.25) is 0 Å². The minimum absolute atomic E-state index is 0.138. The number of benzene rings is 1. The summed E-state index contributed by atoms with van der Waals surface area (Å²) in [6.45, 7) is 5.38. The van der Waals surface area contributed by atoms with Crippen LogP contribution in [0.15, 0.2) is 18.2 Å². The molecular formula is C17H25ClFN. The molecule has 0 bridgehead atoms. The van der Waals surface area contributed by atoms with Gasteiger partial charge < -0.3 is 5.32 Å². The van der Waals surface area contributed by atoms with Crippen molar-refractivity contribution in [2.75, 3.05) is 6.54 Å². The van der Waals surface area contributed by atoms with E-state index < -0.39 is 0 Å². The Morgan fingerprint density at radius 1 is 1.30 bits per heavy atom. The van der Waals surface area contributed by atoms with Crippen LogP contribution in [0.3, 0.4) is 0 Å². The first-order valence-corrected chi connectivity index (χ1v) is 8.15. The Kier molecular flexibility index (Phi) is 5.86. The molecule has 0 heterocycles. The van der Waals surface area contributed by atoms with Gasteiger partial charge in [0.05, 0.1) is 0 Å². The van der Waals surface area contributed by atoms with Crippen molar-refractivity contribution in [3.8, 4) is 0 Å². The topological polar surface area (TPSA) is 12.0 Å². The van der Waals surface area contributed by atoms with E-state index in [1.165, 1.54) is 31.7 Å². The molecule has 0 aliphatic heterocycles. The summed E-state index contributed by atoms with van der Waals surface area (Å²) >= 11 is 6.00. The summed E-state index contributed by atoms with van der Waals surface area (Å²) in [7, 11) is 0. The van der Waals surface area contributed by atoms with Gasteiger partial charge in [0.1, 0.15) is 5.82 Å². The Morgan fingerprint density at radius 3 is 2.65 bits per heavy atom. The summed E-state index contributed by atoms with van der Waals surface area (Å²) in [5.41, 5.74) is 0.738. The summed E-state index contributed by atoms with van der Waals surface area (Å²) in [6.07, 6.45) is 5.83. The molecular weight excluding hydrogens is 273 g/mol. The zero-order valence-electron chi connectivity index (χ0n) is 12.5. The fourth-order valence-electron chi connectivity index (χ4n) is 3.29. The van der Waals surface area contributed by atoms with E-state index in [9.17, 15) is 4.39 Å². The van der Waals surface area contributed by atoms with Gasteiger partial charge in [-0.1, -0.05) is 38.3 Å². The van der Waals surface area contributed by atoms with Gasteiger partial charge in [-0.3, -0.25) is 0 Å². The lowest BCUT2D eigenvalue weighted by molar-refractivity contribution is 0.229. The van der Waals surface area contributed by atoms with Gasteiger partial charge >= 0.3 is 0 Å². The van der Waals surface area contributed by atoms with Crippen molar-refractivity contribution in [3.05, 3.63) is 34.6 Å². The maximum Gasteiger partial charge on any atom is 0.126 e. The fraction of sp³-hybridized carbons (Fsp3) is 0.647. The second-order valence-corrected chi connectivity index (χ2v) is 6.56. The van der Waals surface area contributed by atoms with Crippen LogP contribution in [0.25, 0.3) is 0 Å². The summed E-state index contributed by atoms with van der Waals surface area (Å²) < 4.78 is 13.9. The van der Waals surface area contributed by atoms with Crippen molar-refractivity contribution in [3.63, 3.8) is 0 Å². The molecule has 1 aromatic carbocycles. The first-order chi connectivity index (χ1) is 9.60. The number of rotatable bonds is 5. The normalized spacial score (nSPS) is 24.6. The van der Waals surface area contributed by atoms with Gasteiger partial charge in [0, 0.05) is 11.1 Å². The van der Waals surface area contributed by atoms with E-state index in [0.717, 1.165) is 24.4 Å². The van der Waals surface area contributed by atoms with Gasteiger partial charge in [-0.25, -0.2) is 4.39 Å². The quantitative estimate of drug-likeness (QED) is 0.821. The van der Waals surface area contributed by atoms with E-state index in [4.69, 9.17) is 11.6 Å². The minimum atomic E-state index is -0.138. The summed E-state index contributed by atoms with van der Waals surface area (Å²) in [5.74, 6) is 1.36. The molecule has 1 fully saturated rings. The highest BCUT2D eigenvalue weighted by atomic mass is 35.5. The van der Waals surface area contributed by atoms with Gasteiger partial charge in [0.25, 0.3) is 0 Å². The summed E-state index contributed by atoms with van der Waals surface area (Å²) in [5, 5.41) is 4.17. The first-order valence-electron chi connectivity index (χ1n) is 7.77. The van der Waals surface area contributed by atoms with Crippen LogP contribution in [0.1, 0.15) is 45.1 Å². The lowest BCUT2D eigenvalue weighted by Gasteiger charge is -2.33. The average Bonchev–Trinajstić information content (AvgIpc) is 2.43. The van der Waals surface area contributed by atoms with Crippen molar-refractivity contribution in [2.24, 2.45) is 11.8 Å². The van der Waals surface area contributed by atoms with Crippen LogP contribution in [0.2, 0.25) is 5.02 Å². The van der Waals surface area contributed by atoms with Gasteiger partial charge in [-0.05, 0) is 61.4 Å². The zero-order chi connectivity index (χ0) is 14.5. The van der Waals surface area contributed by atoms with Crippen LogP contribution in [0.4, 0.5) is 4.39 Å². The number of hydrogen-bond acceptors (Lipinski definition) is 1. The van der Waals surface area contributed by atoms with E-state index in [1.54, 1.807) is 12.1 Å². The number of nitrogens with one attached hydrogen (secondary N) is 1. The maximum absolute atomic E-state index is 13.9. The number of likely N-dealkylation sites (N-methyl/N-ethyl adjacent to an activating group) is 1. The van der Waals surface area contributed by atoms with Gasteiger partial charge in [-0.2, -0.15) is 0 Å². The minimum Gasteiger partial charge on any atom is -0.314 e. The van der Waals surface area contributed by atoms with Crippen LogP contribution < -0.4 is 5.32 Å². The van der Waals surface area contributed by atoms with Gasteiger partial charge in [0.15, 0.2) is 0 Å². The van der Waals surface area contributed by atoms with Crippen LogP contribution in [-0.4, -0.2) is 12.6 Å². The van der Waals surface area contributed by atoms with E-state index in [2.05, 4.69) is 19.2 Å². The standard InChI is InChI=1S/C17H25ClFN/c1-3-20-17(13-6-4-12(2)5-7-13)11-14-10-15(18)8-9-16(14)19/h8-10,12-13,17,20H,3-7,11H2,1-2H3. The summed E-state index contributed by atoms with van der Waals surface area (Å²) in [4.78, 5) is 0. The molecule has 1 N–H and O–H groups in total. The first kappa shape index (κ1) is 15.8. The van der Waals surface area contributed by atoms with Crippen molar-refractivity contribution >= 4 is 11.6 Å². The number of hydrogen-bond donors (Lipinski definition) is 1. The highest BCUT2D eigenvalue weighted by molar-refractivity contribution is 6.30. The van der Waals surface area contributed by atoms with Gasteiger partial charge in [-0.15, -0.1) is 0 Å². The second kappa shape index (κ2) is 7.42. The Morgan fingerprint density at radius 2 is 2.00 bits per heavy atom. The predicted molar refractivity (Wildman–Crippen MR) is 83.7 cm³/mol. The molecule has 2 rings (SSSR count). The molecule has 1 aromatic rings. The largest absolute Gasteiger partial charge is 0.314 e. The van der Waals surface area contributed by atoms with E-state index in [1.807, 2.05) is 0 Å². The highest BCUT2D eigenvalue weighted by Gasteiger charge is 2.26. The molecule has 1 nitrogen and oxygen atoms in total.